The first-order chi connectivity index (χ1) is 12.5. The normalized spacial score (nSPS) is 10.9. The number of aromatic nitrogens is 1. The van der Waals surface area contributed by atoms with Crippen molar-refractivity contribution in [2.24, 2.45) is 5.92 Å². The average Bonchev–Trinajstić information content (AvgIpc) is 2.99. The van der Waals surface area contributed by atoms with Crippen molar-refractivity contribution in [2.45, 2.75) is 26.7 Å². The van der Waals surface area contributed by atoms with Gasteiger partial charge in [0.1, 0.15) is 5.69 Å². The first kappa shape index (κ1) is 17.7. The number of para-hydroxylation sites is 1. The monoisotopic (exact) mass is 351 g/mol. The summed E-state index contributed by atoms with van der Waals surface area (Å²) in [6.07, 6.45) is 0.605. The fraction of sp³-hybridized carbons (Fsp3) is 0.250. The van der Waals surface area contributed by atoms with Gasteiger partial charge in [0.15, 0.2) is 5.58 Å². The van der Waals surface area contributed by atoms with Crippen LogP contribution < -0.4 is 10.6 Å². The largest absolute Gasteiger partial charge is 0.356 e. The van der Waals surface area contributed by atoms with Crippen LogP contribution >= 0.6 is 0 Å². The fourth-order valence-electron chi connectivity index (χ4n) is 2.64. The molecule has 2 amide bonds. The van der Waals surface area contributed by atoms with E-state index in [9.17, 15) is 9.59 Å². The number of nitrogens with zero attached hydrogens (tertiary/aromatic N) is 1. The molecule has 3 rings (SSSR count). The number of amides is 2. The lowest BCUT2D eigenvalue weighted by molar-refractivity contribution is -0.117. The summed E-state index contributed by atoms with van der Waals surface area (Å²) < 4.78 is 5.21. The molecule has 0 aliphatic carbocycles. The van der Waals surface area contributed by atoms with Crippen molar-refractivity contribution in [2.75, 3.05) is 10.6 Å². The Morgan fingerprint density at radius 2 is 1.58 bits per heavy atom. The molecule has 0 radical (unpaired) electrons. The zero-order valence-electron chi connectivity index (χ0n) is 14.8. The zero-order valence-corrected chi connectivity index (χ0v) is 14.8. The van der Waals surface area contributed by atoms with Gasteiger partial charge in [0.05, 0.1) is 6.42 Å². The van der Waals surface area contributed by atoms with Crippen LogP contribution in [0.1, 0.15) is 26.0 Å². The molecule has 0 aliphatic rings. The van der Waals surface area contributed by atoms with E-state index in [1.807, 2.05) is 38.1 Å². The van der Waals surface area contributed by atoms with Crippen molar-refractivity contribution in [1.82, 2.24) is 5.16 Å². The Labute approximate surface area is 151 Å². The Hall–Kier alpha value is -3.15. The zero-order chi connectivity index (χ0) is 18.5. The number of nitrogens with one attached hydrogen (secondary N) is 2. The maximum atomic E-state index is 12.2. The summed E-state index contributed by atoms with van der Waals surface area (Å²) in [6, 6.07) is 14.5. The summed E-state index contributed by atoms with van der Waals surface area (Å²) in [5.74, 6) is 0.108. The number of rotatable bonds is 6. The van der Waals surface area contributed by atoms with Gasteiger partial charge in [-0.3, -0.25) is 9.59 Å². The smallest absolute Gasteiger partial charge is 0.230 e. The predicted molar refractivity (Wildman–Crippen MR) is 101 cm³/mol. The summed E-state index contributed by atoms with van der Waals surface area (Å²) in [5, 5.41) is 10.5. The van der Waals surface area contributed by atoms with Crippen LogP contribution in [0.4, 0.5) is 11.4 Å². The third-order valence-electron chi connectivity index (χ3n) is 3.83. The maximum absolute atomic E-state index is 12.2. The van der Waals surface area contributed by atoms with E-state index in [4.69, 9.17) is 4.52 Å². The lowest BCUT2D eigenvalue weighted by Crippen LogP contribution is -2.15. The Morgan fingerprint density at radius 1 is 0.962 bits per heavy atom. The van der Waals surface area contributed by atoms with Gasteiger partial charge in [-0.1, -0.05) is 31.1 Å². The highest BCUT2D eigenvalue weighted by molar-refractivity contribution is 5.95. The first-order valence-corrected chi connectivity index (χ1v) is 8.54. The van der Waals surface area contributed by atoms with E-state index in [0.717, 1.165) is 5.39 Å². The molecule has 6 heteroatoms. The van der Waals surface area contributed by atoms with Gasteiger partial charge >= 0.3 is 0 Å². The Morgan fingerprint density at radius 3 is 2.23 bits per heavy atom. The Balaban J connectivity index is 1.58. The summed E-state index contributed by atoms with van der Waals surface area (Å²) >= 11 is 0. The highest BCUT2D eigenvalue weighted by Gasteiger charge is 2.12. The predicted octanol–water partition coefficient (Wildman–Crippen LogP) is 3.99. The molecule has 0 spiro atoms. The molecule has 134 valence electrons. The van der Waals surface area contributed by atoms with Crippen LogP contribution in [0.5, 0.6) is 0 Å². The van der Waals surface area contributed by atoms with Gasteiger partial charge in [-0.25, -0.2) is 0 Å². The quantitative estimate of drug-likeness (QED) is 0.703. The molecular formula is C20H21N3O3. The van der Waals surface area contributed by atoms with E-state index in [1.165, 1.54) is 0 Å². The second kappa shape index (κ2) is 7.82. The molecule has 6 nitrogen and oxygen atoms in total. The van der Waals surface area contributed by atoms with E-state index in [-0.39, 0.29) is 18.2 Å². The number of hydrogen-bond acceptors (Lipinski definition) is 4. The van der Waals surface area contributed by atoms with Crippen LogP contribution in [0, 0.1) is 5.92 Å². The number of carbonyl (C=O) groups excluding carboxylic acids is 2. The van der Waals surface area contributed by atoms with Crippen LogP contribution in [-0.2, 0) is 16.0 Å². The van der Waals surface area contributed by atoms with Gasteiger partial charge in [-0.05, 0) is 42.3 Å². The summed E-state index contributed by atoms with van der Waals surface area (Å²) in [5.41, 5.74) is 2.63. The standard InChI is InChI=1S/C20H21N3O3/c1-13(2)11-19(24)21-14-7-9-15(10-8-14)22-20(25)12-17-16-5-3-4-6-18(16)26-23-17/h3-10,13H,11-12H2,1-2H3,(H,21,24)(H,22,25). The average molecular weight is 351 g/mol. The number of benzene rings is 2. The van der Waals surface area contributed by atoms with Gasteiger partial charge in [0.25, 0.3) is 0 Å². The maximum Gasteiger partial charge on any atom is 0.230 e. The number of hydrogen-bond donors (Lipinski definition) is 2. The van der Waals surface area contributed by atoms with Gasteiger partial charge in [-0.2, -0.15) is 0 Å². The molecular weight excluding hydrogens is 330 g/mol. The second-order valence-electron chi connectivity index (χ2n) is 6.57. The molecule has 0 atom stereocenters. The second-order valence-corrected chi connectivity index (χ2v) is 6.57. The van der Waals surface area contributed by atoms with E-state index in [2.05, 4.69) is 15.8 Å². The molecule has 2 N–H and O–H groups in total. The van der Waals surface area contributed by atoms with Crippen molar-refractivity contribution in [3.05, 3.63) is 54.2 Å². The van der Waals surface area contributed by atoms with E-state index in [0.29, 0.717) is 35.0 Å². The molecule has 26 heavy (non-hydrogen) atoms. The van der Waals surface area contributed by atoms with Crippen LogP contribution in [-0.4, -0.2) is 17.0 Å². The van der Waals surface area contributed by atoms with Crippen molar-refractivity contribution >= 4 is 34.2 Å². The third-order valence-corrected chi connectivity index (χ3v) is 3.83. The highest BCUT2D eigenvalue weighted by atomic mass is 16.5. The van der Waals surface area contributed by atoms with Crippen molar-refractivity contribution in [3.8, 4) is 0 Å². The van der Waals surface area contributed by atoms with E-state index >= 15 is 0 Å². The van der Waals surface area contributed by atoms with Crippen LogP contribution in [0.15, 0.2) is 53.1 Å². The minimum Gasteiger partial charge on any atom is -0.356 e. The summed E-state index contributed by atoms with van der Waals surface area (Å²) in [4.78, 5) is 24.0. The molecule has 0 bridgehead atoms. The summed E-state index contributed by atoms with van der Waals surface area (Å²) in [6.45, 7) is 3.99. The molecule has 0 saturated heterocycles. The van der Waals surface area contributed by atoms with Gasteiger partial charge < -0.3 is 15.2 Å². The highest BCUT2D eigenvalue weighted by Crippen LogP contribution is 2.19. The van der Waals surface area contributed by atoms with Crippen LogP contribution in [0.25, 0.3) is 11.0 Å². The SMILES string of the molecule is CC(C)CC(=O)Nc1ccc(NC(=O)Cc2noc3ccccc23)cc1. The Bertz CT molecular complexity index is 913. The minimum absolute atomic E-state index is 0.0188. The first-order valence-electron chi connectivity index (χ1n) is 8.54. The third kappa shape index (κ3) is 4.47. The van der Waals surface area contributed by atoms with Crippen molar-refractivity contribution in [3.63, 3.8) is 0 Å². The van der Waals surface area contributed by atoms with E-state index in [1.54, 1.807) is 24.3 Å². The lowest BCUT2D eigenvalue weighted by atomic mass is 10.1. The number of anilines is 2. The fourth-order valence-corrected chi connectivity index (χ4v) is 2.64. The molecule has 0 unspecified atom stereocenters. The molecule has 2 aromatic carbocycles. The topological polar surface area (TPSA) is 84.2 Å². The van der Waals surface area contributed by atoms with Crippen molar-refractivity contribution < 1.29 is 14.1 Å². The molecule has 3 aromatic rings. The van der Waals surface area contributed by atoms with Gasteiger partial charge in [0.2, 0.25) is 11.8 Å². The number of fused-ring (bicyclic) bond motifs is 1. The molecule has 0 saturated carbocycles. The molecule has 0 fully saturated rings. The molecule has 1 heterocycles. The number of carbonyl (C=O) groups is 2. The minimum atomic E-state index is -0.180. The van der Waals surface area contributed by atoms with Crippen LogP contribution in [0.3, 0.4) is 0 Å². The van der Waals surface area contributed by atoms with Gasteiger partial charge in [-0.15, -0.1) is 0 Å². The van der Waals surface area contributed by atoms with Gasteiger partial charge in [0, 0.05) is 23.2 Å². The Kier molecular flexibility index (Phi) is 5.31. The molecule has 0 aliphatic heterocycles. The van der Waals surface area contributed by atoms with Crippen LogP contribution in [0.2, 0.25) is 0 Å². The molecule has 1 aromatic heterocycles. The van der Waals surface area contributed by atoms with E-state index < -0.39 is 0 Å². The summed E-state index contributed by atoms with van der Waals surface area (Å²) in [7, 11) is 0. The van der Waals surface area contributed by atoms with Crippen molar-refractivity contribution in [1.29, 1.82) is 0 Å². The lowest BCUT2D eigenvalue weighted by Gasteiger charge is -2.09.